The molecule has 0 aromatic heterocycles. The van der Waals surface area contributed by atoms with Crippen LogP contribution in [0.4, 0.5) is 0 Å². The number of carbonyl (C=O) groups excluding carboxylic acids is 2. The molecule has 3 aromatic rings. The average molecular weight is 514 g/mol. The minimum atomic E-state index is -1.06. The van der Waals surface area contributed by atoms with Gasteiger partial charge < -0.3 is 14.9 Å². The highest BCUT2D eigenvalue weighted by Gasteiger charge is 2.56. The third-order valence-corrected chi connectivity index (χ3v) is 7.35. The van der Waals surface area contributed by atoms with Gasteiger partial charge in [0, 0.05) is 20.6 Å². The minimum absolute atomic E-state index is 0.171. The molecule has 1 heterocycles. The maximum Gasteiger partial charge on any atom is 0.326 e. The summed E-state index contributed by atoms with van der Waals surface area (Å²) in [7, 11) is 3.08. The van der Waals surface area contributed by atoms with Crippen LogP contribution in [0.15, 0.2) is 91.0 Å². The number of carboxylic acids is 1. The van der Waals surface area contributed by atoms with Gasteiger partial charge in [0.2, 0.25) is 11.8 Å². The second-order valence-electron chi connectivity index (χ2n) is 10.2. The zero-order chi connectivity index (χ0) is 27.4. The van der Waals surface area contributed by atoms with Crippen molar-refractivity contribution in [3.63, 3.8) is 0 Å². The number of hydrogen-bond donors (Lipinski definition) is 1. The normalized spacial score (nSPS) is 17.5. The second-order valence-corrected chi connectivity index (χ2v) is 10.2. The summed E-state index contributed by atoms with van der Waals surface area (Å²) in [5.41, 5.74) is 2.45. The fourth-order valence-electron chi connectivity index (χ4n) is 5.46. The van der Waals surface area contributed by atoms with Crippen molar-refractivity contribution in [2.75, 3.05) is 27.2 Å². The second kappa shape index (κ2) is 11.2. The molecule has 7 heteroatoms. The SMILES string of the molecule is CC(C)C(C(=O)O)N(C)C(=O)CN(C)C(=O)C1CN1C(c1ccccc1)(c1ccccc1)c1ccccc1. The van der Waals surface area contributed by atoms with Gasteiger partial charge in [-0.15, -0.1) is 0 Å². The Morgan fingerprint density at radius 1 is 0.842 bits per heavy atom. The first kappa shape index (κ1) is 27.1. The first-order chi connectivity index (χ1) is 18.2. The molecule has 2 amide bonds. The monoisotopic (exact) mass is 513 g/mol. The van der Waals surface area contributed by atoms with Gasteiger partial charge in [-0.2, -0.15) is 0 Å². The number of nitrogens with zero attached hydrogens (tertiary/aromatic N) is 3. The number of aliphatic carboxylic acids is 1. The molecule has 1 fully saturated rings. The van der Waals surface area contributed by atoms with Crippen LogP contribution in [0.2, 0.25) is 0 Å². The summed E-state index contributed by atoms with van der Waals surface area (Å²) in [5.74, 6) is -1.90. The molecule has 198 valence electrons. The van der Waals surface area contributed by atoms with Gasteiger partial charge in [0.15, 0.2) is 0 Å². The van der Waals surface area contributed by atoms with Crippen LogP contribution in [0.3, 0.4) is 0 Å². The van der Waals surface area contributed by atoms with Crippen LogP contribution in [-0.4, -0.2) is 76.9 Å². The van der Waals surface area contributed by atoms with Gasteiger partial charge in [-0.1, -0.05) is 105 Å². The Kier molecular flexibility index (Phi) is 7.97. The molecule has 0 saturated carbocycles. The van der Waals surface area contributed by atoms with Crippen molar-refractivity contribution in [1.29, 1.82) is 0 Å². The van der Waals surface area contributed by atoms with Gasteiger partial charge in [-0.05, 0) is 22.6 Å². The van der Waals surface area contributed by atoms with Crippen LogP contribution in [-0.2, 0) is 19.9 Å². The predicted molar refractivity (Wildman–Crippen MR) is 146 cm³/mol. The van der Waals surface area contributed by atoms with Crippen molar-refractivity contribution >= 4 is 17.8 Å². The maximum absolute atomic E-state index is 13.6. The van der Waals surface area contributed by atoms with E-state index in [0.717, 1.165) is 16.7 Å². The molecule has 1 aliphatic rings. The summed E-state index contributed by atoms with van der Waals surface area (Å²) < 4.78 is 0. The molecule has 0 bridgehead atoms. The molecule has 0 spiro atoms. The van der Waals surface area contributed by atoms with Gasteiger partial charge in [-0.3, -0.25) is 14.5 Å². The van der Waals surface area contributed by atoms with Crippen LogP contribution in [0, 0.1) is 5.92 Å². The molecule has 7 nitrogen and oxygen atoms in total. The van der Waals surface area contributed by atoms with E-state index < -0.39 is 29.5 Å². The van der Waals surface area contributed by atoms with E-state index in [1.54, 1.807) is 20.9 Å². The van der Waals surface area contributed by atoms with E-state index in [1.807, 2.05) is 54.6 Å². The van der Waals surface area contributed by atoms with Crippen LogP contribution in [0.5, 0.6) is 0 Å². The van der Waals surface area contributed by atoms with Crippen LogP contribution >= 0.6 is 0 Å². The summed E-state index contributed by atoms with van der Waals surface area (Å²) in [6.07, 6.45) is 0. The van der Waals surface area contributed by atoms with Gasteiger partial charge in [-0.25, -0.2) is 4.79 Å². The molecular formula is C31H35N3O4. The van der Waals surface area contributed by atoms with Crippen molar-refractivity contribution < 1.29 is 19.5 Å². The van der Waals surface area contributed by atoms with E-state index in [0.29, 0.717) is 6.54 Å². The molecule has 1 saturated heterocycles. The van der Waals surface area contributed by atoms with Crippen molar-refractivity contribution in [1.82, 2.24) is 14.7 Å². The Morgan fingerprint density at radius 2 is 1.26 bits per heavy atom. The quantitative estimate of drug-likeness (QED) is 0.330. The Hall–Kier alpha value is -3.97. The smallest absolute Gasteiger partial charge is 0.326 e. The van der Waals surface area contributed by atoms with Crippen LogP contribution in [0.25, 0.3) is 0 Å². The lowest BCUT2D eigenvalue weighted by molar-refractivity contribution is -0.152. The number of likely N-dealkylation sites (N-methyl/N-ethyl adjacent to an activating group) is 2. The lowest BCUT2D eigenvalue weighted by Crippen LogP contribution is -2.50. The predicted octanol–water partition coefficient (Wildman–Crippen LogP) is 3.69. The van der Waals surface area contributed by atoms with Crippen LogP contribution < -0.4 is 0 Å². The Morgan fingerprint density at radius 3 is 1.63 bits per heavy atom. The standard InChI is InChI=1S/C31H35N3O4/c1-22(2)28(30(37)38)33(4)27(35)21-32(3)29(36)26-20-34(26)31(23-14-8-5-9-15-23,24-16-10-6-11-17-24)25-18-12-7-13-19-25/h5-19,22,26,28H,20-21H2,1-4H3,(H,37,38). The Bertz CT molecular complexity index is 1170. The Labute approximate surface area is 224 Å². The average Bonchev–Trinajstić information content (AvgIpc) is 3.71. The maximum atomic E-state index is 13.6. The first-order valence-electron chi connectivity index (χ1n) is 12.9. The third-order valence-electron chi connectivity index (χ3n) is 7.35. The molecule has 38 heavy (non-hydrogen) atoms. The van der Waals surface area contributed by atoms with Gasteiger partial charge in [0.25, 0.3) is 0 Å². The molecule has 3 unspecified atom stereocenters. The fourth-order valence-corrected chi connectivity index (χ4v) is 5.46. The summed E-state index contributed by atoms with van der Waals surface area (Å²) in [5, 5.41) is 9.57. The van der Waals surface area contributed by atoms with E-state index in [2.05, 4.69) is 41.3 Å². The molecule has 3 aromatic carbocycles. The van der Waals surface area contributed by atoms with Crippen LogP contribution in [0.1, 0.15) is 30.5 Å². The highest BCUT2D eigenvalue weighted by atomic mass is 16.4. The molecular weight excluding hydrogens is 478 g/mol. The number of benzene rings is 3. The lowest BCUT2D eigenvalue weighted by atomic mass is 9.76. The summed E-state index contributed by atoms with van der Waals surface area (Å²) in [4.78, 5) is 43.1. The highest BCUT2D eigenvalue weighted by Crippen LogP contribution is 2.48. The largest absolute Gasteiger partial charge is 0.480 e. The third kappa shape index (κ3) is 5.07. The molecule has 0 radical (unpaired) electrons. The number of rotatable bonds is 10. The molecule has 1 aliphatic heterocycles. The van der Waals surface area contributed by atoms with E-state index in [4.69, 9.17) is 0 Å². The molecule has 1 N–H and O–H groups in total. The van der Waals surface area contributed by atoms with E-state index in [-0.39, 0.29) is 18.4 Å². The number of amides is 2. The highest BCUT2D eigenvalue weighted by molar-refractivity contribution is 5.91. The molecule has 4 rings (SSSR count). The Balaban J connectivity index is 1.65. The summed E-state index contributed by atoms with van der Waals surface area (Å²) in [6, 6.07) is 29.1. The minimum Gasteiger partial charge on any atom is -0.480 e. The van der Waals surface area contributed by atoms with Crippen molar-refractivity contribution in [2.24, 2.45) is 5.92 Å². The molecule has 3 atom stereocenters. The van der Waals surface area contributed by atoms with E-state index >= 15 is 0 Å². The fraction of sp³-hybridized carbons (Fsp3) is 0.323. The number of carboxylic acid groups (broad SMARTS) is 1. The zero-order valence-electron chi connectivity index (χ0n) is 22.3. The van der Waals surface area contributed by atoms with Crippen molar-refractivity contribution in [3.05, 3.63) is 108 Å². The summed E-state index contributed by atoms with van der Waals surface area (Å²) >= 11 is 0. The molecule has 0 aliphatic carbocycles. The zero-order valence-corrected chi connectivity index (χ0v) is 22.3. The summed E-state index contributed by atoms with van der Waals surface area (Å²) in [6.45, 7) is 3.85. The number of hydrogen-bond acceptors (Lipinski definition) is 4. The van der Waals surface area contributed by atoms with Crippen molar-refractivity contribution in [2.45, 2.75) is 31.5 Å². The first-order valence-corrected chi connectivity index (χ1v) is 12.9. The number of carbonyl (C=O) groups is 3. The van der Waals surface area contributed by atoms with E-state index in [1.165, 1.54) is 16.8 Å². The lowest BCUT2D eigenvalue weighted by Gasteiger charge is -2.38. The van der Waals surface area contributed by atoms with Gasteiger partial charge in [0.05, 0.1) is 12.1 Å². The topological polar surface area (TPSA) is 80.9 Å². The van der Waals surface area contributed by atoms with E-state index in [9.17, 15) is 19.5 Å². The van der Waals surface area contributed by atoms with Gasteiger partial charge in [0.1, 0.15) is 12.1 Å². The van der Waals surface area contributed by atoms with Gasteiger partial charge >= 0.3 is 5.97 Å². The van der Waals surface area contributed by atoms with Crippen molar-refractivity contribution in [3.8, 4) is 0 Å².